The molecule has 1 saturated carbocycles. The highest BCUT2D eigenvalue weighted by atomic mass is 16.6. The molecule has 6 heteroatoms. The van der Waals surface area contributed by atoms with E-state index in [1.54, 1.807) is 6.07 Å². The minimum Gasteiger partial charge on any atom is -0.493 e. The number of unbranched alkanes of at least 4 members (excludes halogenated alkanes) is 1. The maximum atomic E-state index is 12.3. The molecular weight excluding hydrogens is 384 g/mol. The number of aldehydes is 1. The molecule has 3 unspecified atom stereocenters. The highest BCUT2D eigenvalue weighted by molar-refractivity contribution is 5.78. The van der Waals surface area contributed by atoms with Gasteiger partial charge in [0.25, 0.3) is 0 Å². The van der Waals surface area contributed by atoms with Crippen molar-refractivity contribution in [3.63, 3.8) is 0 Å². The first-order valence-corrected chi connectivity index (χ1v) is 10.9. The lowest BCUT2D eigenvalue weighted by atomic mass is 9.75. The van der Waals surface area contributed by atoms with E-state index in [-0.39, 0.29) is 24.2 Å². The fraction of sp³-hybridized carbons (Fsp3) is 0.625. The SMILES string of the molecule is COc1cc(C=O)ccc1OC(=O)CCCCC(=O)OC1CC(C)CCC1C(C)C. The predicted octanol–water partition coefficient (Wildman–Crippen LogP) is 4.98. The van der Waals surface area contributed by atoms with Crippen LogP contribution in [0, 0.1) is 17.8 Å². The molecule has 0 saturated heterocycles. The van der Waals surface area contributed by atoms with Crippen LogP contribution in [0.1, 0.15) is 76.1 Å². The molecule has 1 aliphatic rings. The number of carbonyl (C=O) groups is 3. The van der Waals surface area contributed by atoms with Gasteiger partial charge >= 0.3 is 11.9 Å². The molecule has 3 atom stereocenters. The van der Waals surface area contributed by atoms with Crippen LogP contribution in [0.5, 0.6) is 11.5 Å². The smallest absolute Gasteiger partial charge is 0.311 e. The molecule has 0 heterocycles. The van der Waals surface area contributed by atoms with Crippen LogP contribution < -0.4 is 9.47 Å². The third-order valence-corrected chi connectivity index (χ3v) is 5.80. The van der Waals surface area contributed by atoms with Gasteiger partial charge in [-0.3, -0.25) is 14.4 Å². The van der Waals surface area contributed by atoms with Crippen molar-refractivity contribution in [1.29, 1.82) is 0 Å². The molecule has 0 spiro atoms. The Labute approximate surface area is 179 Å². The lowest BCUT2D eigenvalue weighted by Crippen LogP contribution is -2.35. The molecule has 0 radical (unpaired) electrons. The Bertz CT molecular complexity index is 726. The minimum atomic E-state index is -0.401. The van der Waals surface area contributed by atoms with Gasteiger partial charge < -0.3 is 14.2 Å². The highest BCUT2D eigenvalue weighted by Crippen LogP contribution is 2.35. The molecule has 1 aliphatic carbocycles. The van der Waals surface area contributed by atoms with Crippen LogP contribution in [0.25, 0.3) is 0 Å². The first-order valence-electron chi connectivity index (χ1n) is 10.9. The summed E-state index contributed by atoms with van der Waals surface area (Å²) in [6.45, 7) is 6.59. The maximum absolute atomic E-state index is 12.3. The zero-order chi connectivity index (χ0) is 22.1. The summed E-state index contributed by atoms with van der Waals surface area (Å²) >= 11 is 0. The highest BCUT2D eigenvalue weighted by Gasteiger charge is 2.33. The first kappa shape index (κ1) is 23.9. The molecule has 0 amide bonds. The van der Waals surface area contributed by atoms with Crippen LogP contribution >= 0.6 is 0 Å². The van der Waals surface area contributed by atoms with Gasteiger partial charge in [0, 0.05) is 18.4 Å². The van der Waals surface area contributed by atoms with E-state index in [0.717, 1.165) is 12.8 Å². The maximum Gasteiger partial charge on any atom is 0.311 e. The van der Waals surface area contributed by atoms with Crippen LogP contribution in [0.2, 0.25) is 0 Å². The number of benzene rings is 1. The van der Waals surface area contributed by atoms with Crippen molar-refractivity contribution in [2.45, 2.75) is 71.8 Å². The molecule has 2 rings (SSSR count). The Hall–Kier alpha value is -2.37. The van der Waals surface area contributed by atoms with Crippen LogP contribution in [-0.2, 0) is 14.3 Å². The van der Waals surface area contributed by atoms with Crippen LogP contribution in [0.4, 0.5) is 0 Å². The topological polar surface area (TPSA) is 78.9 Å². The molecule has 0 aliphatic heterocycles. The molecule has 30 heavy (non-hydrogen) atoms. The zero-order valence-corrected chi connectivity index (χ0v) is 18.5. The summed E-state index contributed by atoms with van der Waals surface area (Å²) in [5, 5.41) is 0. The normalized spacial score (nSPS) is 21.2. The average molecular weight is 419 g/mol. The van der Waals surface area contributed by atoms with Gasteiger partial charge in [-0.25, -0.2) is 0 Å². The predicted molar refractivity (Wildman–Crippen MR) is 114 cm³/mol. The van der Waals surface area contributed by atoms with E-state index in [4.69, 9.17) is 14.2 Å². The number of hydrogen-bond donors (Lipinski definition) is 0. The third kappa shape index (κ3) is 7.15. The zero-order valence-electron chi connectivity index (χ0n) is 18.5. The van der Waals surface area contributed by atoms with Gasteiger partial charge in [-0.15, -0.1) is 0 Å². The fourth-order valence-corrected chi connectivity index (χ4v) is 4.03. The Morgan fingerprint density at radius 3 is 2.43 bits per heavy atom. The number of methoxy groups -OCH3 is 1. The summed E-state index contributed by atoms with van der Waals surface area (Å²) in [4.78, 5) is 35.2. The summed E-state index contributed by atoms with van der Waals surface area (Å²) < 4.78 is 16.3. The van der Waals surface area contributed by atoms with Crippen molar-refractivity contribution >= 4 is 18.2 Å². The van der Waals surface area contributed by atoms with Crippen molar-refractivity contribution in [3.05, 3.63) is 23.8 Å². The molecular formula is C24H34O6. The summed E-state index contributed by atoms with van der Waals surface area (Å²) in [5.74, 6) is 1.55. The van der Waals surface area contributed by atoms with E-state index < -0.39 is 5.97 Å². The van der Waals surface area contributed by atoms with Gasteiger partial charge in [0.1, 0.15) is 12.4 Å². The standard InChI is InChI=1S/C24H34O6/c1-16(2)19-11-9-17(3)13-21(19)30-24(27)8-6-5-7-23(26)29-20-12-10-18(15-25)14-22(20)28-4/h10,12,14-17,19,21H,5-9,11,13H2,1-4H3. The Balaban J connectivity index is 1.73. The summed E-state index contributed by atoms with van der Waals surface area (Å²) in [7, 11) is 1.45. The fourth-order valence-electron chi connectivity index (χ4n) is 4.03. The average Bonchev–Trinajstić information content (AvgIpc) is 2.71. The van der Waals surface area contributed by atoms with Crippen molar-refractivity contribution in [3.8, 4) is 11.5 Å². The van der Waals surface area contributed by atoms with Crippen molar-refractivity contribution in [2.24, 2.45) is 17.8 Å². The van der Waals surface area contributed by atoms with E-state index in [1.807, 2.05) is 0 Å². The van der Waals surface area contributed by atoms with E-state index in [2.05, 4.69) is 20.8 Å². The van der Waals surface area contributed by atoms with Gasteiger partial charge in [0.15, 0.2) is 11.5 Å². The van der Waals surface area contributed by atoms with Gasteiger partial charge in [-0.2, -0.15) is 0 Å². The number of carbonyl (C=O) groups excluding carboxylic acids is 3. The van der Waals surface area contributed by atoms with Crippen molar-refractivity contribution in [2.75, 3.05) is 7.11 Å². The lowest BCUT2D eigenvalue weighted by molar-refractivity contribution is -0.156. The molecule has 6 nitrogen and oxygen atoms in total. The molecule has 0 N–H and O–H groups in total. The van der Waals surface area contributed by atoms with Crippen LogP contribution in [0.15, 0.2) is 18.2 Å². The van der Waals surface area contributed by atoms with Crippen molar-refractivity contribution < 1.29 is 28.6 Å². The summed E-state index contributed by atoms with van der Waals surface area (Å²) in [6.07, 6.45) is 5.56. The Morgan fingerprint density at radius 1 is 1.10 bits per heavy atom. The molecule has 1 aromatic carbocycles. The quantitative estimate of drug-likeness (QED) is 0.231. The van der Waals surface area contributed by atoms with E-state index in [1.165, 1.54) is 25.7 Å². The van der Waals surface area contributed by atoms with Gasteiger partial charge in [0.2, 0.25) is 0 Å². The van der Waals surface area contributed by atoms with Crippen molar-refractivity contribution in [1.82, 2.24) is 0 Å². The Morgan fingerprint density at radius 2 is 1.80 bits per heavy atom. The number of rotatable bonds is 10. The van der Waals surface area contributed by atoms with E-state index in [9.17, 15) is 14.4 Å². The molecule has 1 aromatic rings. The second-order valence-electron chi connectivity index (χ2n) is 8.56. The third-order valence-electron chi connectivity index (χ3n) is 5.80. The Kier molecular flexibility index (Phi) is 9.34. The van der Waals surface area contributed by atoms with Gasteiger partial charge in [0.05, 0.1) is 7.11 Å². The second kappa shape index (κ2) is 11.7. The molecule has 1 fully saturated rings. The second-order valence-corrected chi connectivity index (χ2v) is 8.56. The first-order chi connectivity index (χ1) is 14.3. The largest absolute Gasteiger partial charge is 0.493 e. The molecule has 0 aromatic heterocycles. The number of hydrogen-bond acceptors (Lipinski definition) is 6. The lowest BCUT2D eigenvalue weighted by Gasteiger charge is -2.36. The van der Waals surface area contributed by atoms with Gasteiger partial charge in [-0.05, 0) is 61.6 Å². The van der Waals surface area contributed by atoms with Crippen LogP contribution in [-0.4, -0.2) is 31.4 Å². The molecule has 0 bridgehead atoms. The van der Waals surface area contributed by atoms with Gasteiger partial charge in [-0.1, -0.05) is 27.2 Å². The van der Waals surface area contributed by atoms with Crippen LogP contribution in [0.3, 0.4) is 0 Å². The van der Waals surface area contributed by atoms with E-state index in [0.29, 0.717) is 54.6 Å². The molecule has 166 valence electrons. The summed E-state index contributed by atoms with van der Waals surface area (Å²) in [6, 6.07) is 4.61. The number of esters is 2. The van der Waals surface area contributed by atoms with E-state index >= 15 is 0 Å². The monoisotopic (exact) mass is 418 g/mol. The number of ether oxygens (including phenoxy) is 3. The summed E-state index contributed by atoms with van der Waals surface area (Å²) in [5.41, 5.74) is 0.442. The minimum absolute atomic E-state index is 0.00742.